The smallest absolute Gasteiger partial charge is 0.243 e. The Morgan fingerprint density at radius 3 is 2.66 bits per heavy atom. The molecule has 0 spiro atoms. The Morgan fingerprint density at radius 1 is 1.12 bits per heavy atom. The average Bonchev–Trinajstić information content (AvgIpc) is 3.17. The number of carbonyl (C=O) groups excluding carboxylic acids is 1. The predicted molar refractivity (Wildman–Crippen MR) is 120 cm³/mol. The molecule has 0 N–H and O–H groups in total. The molecule has 0 bridgehead atoms. The van der Waals surface area contributed by atoms with E-state index in [0.717, 1.165) is 16.3 Å². The highest BCUT2D eigenvalue weighted by Crippen LogP contribution is 2.28. The van der Waals surface area contributed by atoms with E-state index < -0.39 is 16.1 Å². The molecule has 164 valence electrons. The Bertz CT molecular complexity index is 1330. The summed E-state index contributed by atoms with van der Waals surface area (Å²) in [4.78, 5) is 14.8. The minimum atomic E-state index is -3.87. The van der Waals surface area contributed by atoms with E-state index in [1.807, 2.05) is 18.2 Å². The van der Waals surface area contributed by atoms with Crippen molar-refractivity contribution in [3.8, 4) is 11.8 Å². The molecule has 8 heteroatoms. The van der Waals surface area contributed by atoms with Gasteiger partial charge in [-0.1, -0.05) is 24.3 Å². The van der Waals surface area contributed by atoms with E-state index in [2.05, 4.69) is 6.07 Å². The average molecular weight is 450 g/mol. The highest BCUT2D eigenvalue weighted by atomic mass is 32.2. The third-order valence-corrected chi connectivity index (χ3v) is 7.70. The number of likely N-dealkylation sites (tertiary alicyclic amines) is 1. The molecule has 3 aromatic rings. The van der Waals surface area contributed by atoms with Crippen molar-refractivity contribution in [3.05, 3.63) is 71.8 Å². The summed E-state index contributed by atoms with van der Waals surface area (Å²) < 4.78 is 33.0. The number of carbonyl (C=O) groups is 1. The summed E-state index contributed by atoms with van der Waals surface area (Å²) >= 11 is 0. The summed E-state index contributed by atoms with van der Waals surface area (Å²) in [5.41, 5.74) is 1.37. The van der Waals surface area contributed by atoms with E-state index in [0.29, 0.717) is 30.8 Å². The zero-order chi connectivity index (χ0) is 22.9. The normalized spacial score (nSPS) is 16.5. The molecule has 7 nitrogen and oxygen atoms in total. The Hall–Kier alpha value is -3.41. The standard InChI is InChI=1S/C24H23N3O4S/c1-26(23-10-11-27(24(23)28)16-18-5-3-4-17(12-18)15-25)32(29,30)22-9-7-19-6-8-21(31-2)13-20(19)14-22/h3-9,12-14,23H,10-11,16H2,1-2H3/t23-/m1/s1. The number of likely N-dealkylation sites (N-methyl/N-ethyl adjacent to an activating group) is 1. The van der Waals surface area contributed by atoms with Crippen LogP contribution < -0.4 is 4.74 Å². The van der Waals surface area contributed by atoms with Crippen LogP contribution in [0.4, 0.5) is 0 Å². The van der Waals surface area contributed by atoms with Crippen molar-refractivity contribution in [1.29, 1.82) is 5.26 Å². The second kappa shape index (κ2) is 8.61. The zero-order valence-corrected chi connectivity index (χ0v) is 18.7. The molecule has 1 fully saturated rings. The third-order valence-electron chi connectivity index (χ3n) is 5.83. The first-order valence-electron chi connectivity index (χ1n) is 10.2. The van der Waals surface area contributed by atoms with Gasteiger partial charge in [0.25, 0.3) is 0 Å². The largest absolute Gasteiger partial charge is 0.497 e. The molecule has 0 aromatic heterocycles. The minimum Gasteiger partial charge on any atom is -0.497 e. The fourth-order valence-corrected chi connectivity index (χ4v) is 5.38. The van der Waals surface area contributed by atoms with Crippen molar-refractivity contribution in [1.82, 2.24) is 9.21 Å². The van der Waals surface area contributed by atoms with Gasteiger partial charge in [-0.25, -0.2) is 8.42 Å². The first kappa shape index (κ1) is 21.8. The maximum absolute atomic E-state index is 13.3. The Morgan fingerprint density at radius 2 is 1.91 bits per heavy atom. The lowest BCUT2D eigenvalue weighted by Crippen LogP contribution is -2.42. The summed E-state index contributed by atoms with van der Waals surface area (Å²) in [5, 5.41) is 10.7. The number of ether oxygens (including phenoxy) is 1. The molecule has 1 aliphatic rings. The quantitative estimate of drug-likeness (QED) is 0.577. The van der Waals surface area contributed by atoms with Gasteiger partial charge in [0.05, 0.1) is 23.6 Å². The lowest BCUT2D eigenvalue weighted by atomic mass is 10.1. The number of methoxy groups -OCH3 is 1. The number of amides is 1. The maximum Gasteiger partial charge on any atom is 0.243 e. The lowest BCUT2D eigenvalue weighted by molar-refractivity contribution is -0.131. The fraction of sp³-hybridized carbons (Fsp3) is 0.250. The van der Waals surface area contributed by atoms with Crippen molar-refractivity contribution < 1.29 is 17.9 Å². The summed E-state index contributed by atoms with van der Waals surface area (Å²) in [7, 11) is -0.860. The first-order chi connectivity index (χ1) is 15.3. The molecule has 4 rings (SSSR count). The van der Waals surface area contributed by atoms with Crippen molar-refractivity contribution in [2.24, 2.45) is 0 Å². The van der Waals surface area contributed by atoms with Gasteiger partial charge >= 0.3 is 0 Å². The van der Waals surface area contributed by atoms with Crippen molar-refractivity contribution >= 4 is 26.7 Å². The van der Waals surface area contributed by atoms with E-state index in [9.17, 15) is 13.2 Å². The van der Waals surface area contributed by atoms with Crippen LogP contribution in [0.25, 0.3) is 10.8 Å². The van der Waals surface area contributed by atoms with E-state index in [1.165, 1.54) is 11.4 Å². The summed E-state index contributed by atoms with van der Waals surface area (Å²) in [6.45, 7) is 0.795. The zero-order valence-electron chi connectivity index (χ0n) is 17.9. The van der Waals surface area contributed by atoms with Gasteiger partial charge in [-0.2, -0.15) is 9.57 Å². The summed E-state index contributed by atoms with van der Waals surface area (Å²) in [6.07, 6.45) is 0.411. The second-order valence-electron chi connectivity index (χ2n) is 7.77. The van der Waals surface area contributed by atoms with Crippen LogP contribution in [-0.2, 0) is 21.4 Å². The highest BCUT2D eigenvalue weighted by molar-refractivity contribution is 7.89. The van der Waals surface area contributed by atoms with E-state index >= 15 is 0 Å². The number of sulfonamides is 1. The highest BCUT2D eigenvalue weighted by Gasteiger charge is 2.39. The number of hydrogen-bond acceptors (Lipinski definition) is 5. The molecule has 3 aromatic carbocycles. The van der Waals surface area contributed by atoms with Crippen molar-refractivity contribution in [3.63, 3.8) is 0 Å². The number of benzene rings is 3. The van der Waals surface area contributed by atoms with Crippen LogP contribution in [-0.4, -0.2) is 50.3 Å². The van der Waals surface area contributed by atoms with Crippen LogP contribution in [0.3, 0.4) is 0 Å². The molecule has 1 aliphatic heterocycles. The van der Waals surface area contributed by atoms with E-state index in [-0.39, 0.29) is 10.8 Å². The number of hydrogen-bond donors (Lipinski definition) is 0. The van der Waals surface area contributed by atoms with E-state index in [1.54, 1.807) is 54.5 Å². The molecule has 1 atom stereocenters. The van der Waals surface area contributed by atoms with Crippen LogP contribution >= 0.6 is 0 Å². The van der Waals surface area contributed by atoms with Gasteiger partial charge in [-0.3, -0.25) is 4.79 Å². The van der Waals surface area contributed by atoms with Gasteiger partial charge in [0, 0.05) is 20.1 Å². The molecule has 0 radical (unpaired) electrons. The van der Waals surface area contributed by atoms with Crippen LogP contribution in [0.1, 0.15) is 17.5 Å². The molecular formula is C24H23N3O4S. The first-order valence-corrected chi connectivity index (χ1v) is 11.6. The number of fused-ring (bicyclic) bond motifs is 1. The molecule has 0 saturated carbocycles. The molecule has 0 aliphatic carbocycles. The van der Waals surface area contributed by atoms with Gasteiger partial charge in [0.15, 0.2) is 0 Å². The maximum atomic E-state index is 13.3. The lowest BCUT2D eigenvalue weighted by Gasteiger charge is -2.24. The van der Waals surface area contributed by atoms with Gasteiger partial charge in [0.1, 0.15) is 11.8 Å². The molecule has 32 heavy (non-hydrogen) atoms. The Balaban J connectivity index is 1.55. The number of rotatable bonds is 6. The Kier molecular flexibility index (Phi) is 5.87. The molecule has 1 saturated heterocycles. The van der Waals surface area contributed by atoms with Gasteiger partial charge < -0.3 is 9.64 Å². The molecule has 1 heterocycles. The van der Waals surface area contributed by atoms with Gasteiger partial charge in [-0.05, 0) is 59.2 Å². The van der Waals surface area contributed by atoms with Gasteiger partial charge in [-0.15, -0.1) is 0 Å². The minimum absolute atomic E-state index is 0.133. The van der Waals surface area contributed by atoms with Crippen LogP contribution in [0.2, 0.25) is 0 Å². The SMILES string of the molecule is COc1ccc2ccc(S(=O)(=O)N(C)[C@@H]3CCN(Cc4cccc(C#N)c4)C3=O)cc2c1. The van der Waals surface area contributed by atoms with Gasteiger partial charge in [0.2, 0.25) is 15.9 Å². The summed E-state index contributed by atoms with van der Waals surface area (Å²) in [6, 6.07) is 18.8. The fourth-order valence-electron chi connectivity index (χ4n) is 4.00. The van der Waals surface area contributed by atoms with Crippen molar-refractivity contribution in [2.75, 3.05) is 20.7 Å². The predicted octanol–water partition coefficient (Wildman–Crippen LogP) is 3.14. The molecule has 1 amide bonds. The van der Waals surface area contributed by atoms with Crippen LogP contribution in [0.15, 0.2) is 65.6 Å². The number of nitriles is 1. The molecular weight excluding hydrogens is 426 g/mol. The monoisotopic (exact) mass is 449 g/mol. The summed E-state index contributed by atoms with van der Waals surface area (Å²) in [5.74, 6) is 0.406. The Labute approximate surface area is 187 Å². The van der Waals surface area contributed by atoms with Crippen LogP contribution in [0, 0.1) is 11.3 Å². The topological polar surface area (TPSA) is 90.7 Å². The van der Waals surface area contributed by atoms with Crippen molar-refractivity contribution in [2.45, 2.75) is 23.9 Å². The second-order valence-corrected chi connectivity index (χ2v) is 9.77. The third kappa shape index (κ3) is 4.05. The van der Waals surface area contributed by atoms with E-state index in [4.69, 9.17) is 10.00 Å². The molecule has 0 unspecified atom stereocenters. The van der Waals surface area contributed by atoms with Crippen LogP contribution in [0.5, 0.6) is 5.75 Å². The number of nitrogens with zero attached hydrogens (tertiary/aromatic N) is 3.